The fourth-order valence-electron chi connectivity index (χ4n) is 1.33. The maximum atomic E-state index is 11.2. The largest absolute Gasteiger partial charge is 0.504 e. The summed E-state index contributed by atoms with van der Waals surface area (Å²) in [6.07, 6.45) is 1.55. The molecule has 2 heterocycles. The van der Waals surface area contributed by atoms with Gasteiger partial charge in [-0.15, -0.1) is 0 Å². The highest BCUT2D eigenvalue weighted by molar-refractivity contribution is 9.10. The third-order valence-corrected chi connectivity index (χ3v) is 2.63. The zero-order chi connectivity index (χ0) is 11.0. The van der Waals surface area contributed by atoms with E-state index >= 15 is 0 Å². The molecule has 0 saturated carbocycles. The summed E-state index contributed by atoms with van der Waals surface area (Å²) in [4.78, 5) is 19.2. The molecule has 2 aromatic heterocycles. The van der Waals surface area contributed by atoms with E-state index in [2.05, 4.69) is 25.9 Å². The van der Waals surface area contributed by atoms with Crippen molar-refractivity contribution >= 4 is 32.6 Å². The van der Waals surface area contributed by atoms with Gasteiger partial charge in [0, 0.05) is 18.5 Å². The van der Waals surface area contributed by atoms with Crippen molar-refractivity contribution in [2.45, 2.75) is 6.92 Å². The van der Waals surface area contributed by atoms with Crippen molar-refractivity contribution in [1.29, 1.82) is 0 Å². The molecule has 1 N–H and O–H groups in total. The number of hydrogen-bond acceptors (Lipinski definition) is 4. The lowest BCUT2D eigenvalue weighted by Crippen LogP contribution is -1.99. The second kappa shape index (κ2) is 3.58. The smallest absolute Gasteiger partial charge is 0.182 e. The molecule has 0 aliphatic rings. The number of aromatic nitrogens is 2. The van der Waals surface area contributed by atoms with Gasteiger partial charge in [0.05, 0.1) is 0 Å². The summed E-state index contributed by atoms with van der Waals surface area (Å²) >= 11 is 3.24. The Morgan fingerprint density at radius 1 is 1.53 bits per heavy atom. The molecule has 0 fully saturated rings. The van der Waals surface area contributed by atoms with Crippen molar-refractivity contribution < 1.29 is 9.90 Å². The lowest BCUT2D eigenvalue weighted by Gasteiger charge is -2.05. The molecule has 0 bridgehead atoms. The number of Topliss-reactive ketones (excluding diaryl/α,β-unsaturated/α-hetero) is 1. The molecule has 0 aliphatic heterocycles. The van der Waals surface area contributed by atoms with Crippen molar-refractivity contribution in [2.24, 2.45) is 0 Å². The van der Waals surface area contributed by atoms with Crippen LogP contribution in [0.5, 0.6) is 5.75 Å². The third kappa shape index (κ3) is 1.59. The monoisotopic (exact) mass is 266 g/mol. The van der Waals surface area contributed by atoms with Gasteiger partial charge in [0.15, 0.2) is 17.2 Å². The zero-order valence-corrected chi connectivity index (χ0v) is 9.45. The number of carbonyl (C=O) groups excluding carboxylic acids is 1. The van der Waals surface area contributed by atoms with Gasteiger partial charge < -0.3 is 5.11 Å². The molecule has 0 amide bonds. The fraction of sp³-hybridized carbons (Fsp3) is 0.100. The minimum Gasteiger partial charge on any atom is -0.504 e. The predicted octanol–water partition coefficient (Wildman–Crippen LogP) is 2.30. The number of hydrogen-bond donors (Lipinski definition) is 1. The Hall–Kier alpha value is -1.49. The fourth-order valence-corrected chi connectivity index (χ4v) is 1.83. The van der Waals surface area contributed by atoms with Crippen molar-refractivity contribution in [1.82, 2.24) is 9.97 Å². The van der Waals surface area contributed by atoms with E-state index < -0.39 is 0 Å². The van der Waals surface area contributed by atoms with Gasteiger partial charge in [-0.2, -0.15) is 0 Å². The highest BCUT2D eigenvalue weighted by Crippen LogP contribution is 2.30. The first-order valence-electron chi connectivity index (χ1n) is 4.25. The van der Waals surface area contributed by atoms with Crippen LogP contribution in [0, 0.1) is 0 Å². The summed E-state index contributed by atoms with van der Waals surface area (Å²) in [5.74, 6) is -0.456. The molecule has 76 valence electrons. The SMILES string of the molecule is CC(=O)c1nc(Br)c2cccnc2c1O. The van der Waals surface area contributed by atoms with Gasteiger partial charge in [-0.3, -0.25) is 9.78 Å². The molecule has 0 unspecified atom stereocenters. The minimum atomic E-state index is -0.291. The first-order chi connectivity index (χ1) is 7.11. The van der Waals surface area contributed by atoms with Crippen LogP contribution in [-0.4, -0.2) is 20.9 Å². The summed E-state index contributed by atoms with van der Waals surface area (Å²) in [6, 6.07) is 3.50. The van der Waals surface area contributed by atoms with Gasteiger partial charge in [0.2, 0.25) is 0 Å². The Labute approximate surface area is 94.1 Å². The molecule has 2 aromatic rings. The van der Waals surface area contributed by atoms with Crippen LogP contribution in [0.1, 0.15) is 17.4 Å². The highest BCUT2D eigenvalue weighted by atomic mass is 79.9. The molecule has 5 heteroatoms. The van der Waals surface area contributed by atoms with Gasteiger partial charge in [-0.25, -0.2) is 4.98 Å². The van der Waals surface area contributed by atoms with E-state index in [-0.39, 0.29) is 17.2 Å². The molecule has 0 aliphatic carbocycles. The van der Waals surface area contributed by atoms with Crippen molar-refractivity contribution in [2.75, 3.05) is 0 Å². The van der Waals surface area contributed by atoms with Gasteiger partial charge in [-0.05, 0) is 28.1 Å². The maximum absolute atomic E-state index is 11.2. The topological polar surface area (TPSA) is 63.1 Å². The van der Waals surface area contributed by atoms with Crippen molar-refractivity contribution in [3.05, 3.63) is 28.6 Å². The number of aromatic hydroxyl groups is 1. The number of carbonyl (C=O) groups is 1. The van der Waals surface area contributed by atoms with E-state index in [4.69, 9.17) is 0 Å². The average Bonchev–Trinajstić information content (AvgIpc) is 2.23. The quantitative estimate of drug-likeness (QED) is 0.636. The molecular weight excluding hydrogens is 260 g/mol. The first-order valence-corrected chi connectivity index (χ1v) is 5.04. The molecule has 2 rings (SSSR count). The normalized spacial score (nSPS) is 10.5. The van der Waals surface area contributed by atoms with E-state index in [1.807, 2.05) is 0 Å². The Morgan fingerprint density at radius 3 is 2.93 bits per heavy atom. The molecule has 0 saturated heterocycles. The van der Waals surface area contributed by atoms with Gasteiger partial charge in [0.25, 0.3) is 0 Å². The standard InChI is InChI=1S/C10H7BrN2O2/c1-5(14)7-9(15)8-6(10(11)13-7)3-2-4-12-8/h2-4,15H,1H3. The van der Waals surface area contributed by atoms with Crippen LogP contribution in [0.2, 0.25) is 0 Å². The minimum absolute atomic E-state index is 0.0353. The van der Waals surface area contributed by atoms with Crippen molar-refractivity contribution in [3.63, 3.8) is 0 Å². The number of halogens is 1. The lowest BCUT2D eigenvalue weighted by molar-refractivity contribution is 0.101. The number of rotatable bonds is 1. The Bertz CT molecular complexity index is 554. The first kappa shape index (κ1) is 10.0. The summed E-state index contributed by atoms with van der Waals surface area (Å²) < 4.78 is 0.508. The molecule has 4 nitrogen and oxygen atoms in total. The molecule has 0 radical (unpaired) electrons. The summed E-state index contributed by atoms with van der Waals surface area (Å²) in [5, 5.41) is 10.5. The van der Waals surface area contributed by atoms with E-state index in [1.165, 1.54) is 6.92 Å². The predicted molar refractivity (Wildman–Crippen MR) is 58.9 cm³/mol. The lowest BCUT2D eigenvalue weighted by atomic mass is 10.2. The maximum Gasteiger partial charge on any atom is 0.182 e. The van der Waals surface area contributed by atoms with E-state index in [9.17, 15) is 9.90 Å². The van der Waals surface area contributed by atoms with Crippen LogP contribution < -0.4 is 0 Å². The number of fused-ring (bicyclic) bond motifs is 1. The van der Waals surface area contributed by atoms with Gasteiger partial charge >= 0.3 is 0 Å². The van der Waals surface area contributed by atoms with E-state index in [1.54, 1.807) is 18.3 Å². The molecular formula is C10H7BrN2O2. The molecule has 0 atom stereocenters. The second-order valence-electron chi connectivity index (χ2n) is 3.06. The van der Waals surface area contributed by atoms with E-state index in [0.717, 1.165) is 0 Å². The number of pyridine rings is 2. The molecule has 15 heavy (non-hydrogen) atoms. The summed E-state index contributed by atoms with van der Waals surface area (Å²) in [5.41, 5.74) is 0.414. The zero-order valence-electron chi connectivity index (χ0n) is 7.86. The Morgan fingerprint density at radius 2 is 2.27 bits per heavy atom. The summed E-state index contributed by atoms with van der Waals surface area (Å²) in [7, 11) is 0. The van der Waals surface area contributed by atoms with Gasteiger partial charge in [-0.1, -0.05) is 0 Å². The van der Waals surface area contributed by atoms with Crippen LogP contribution in [0.3, 0.4) is 0 Å². The van der Waals surface area contributed by atoms with Crippen LogP contribution in [0.25, 0.3) is 10.9 Å². The highest BCUT2D eigenvalue weighted by Gasteiger charge is 2.15. The second-order valence-corrected chi connectivity index (χ2v) is 3.81. The Balaban J connectivity index is 2.90. The number of ketones is 1. The van der Waals surface area contributed by atoms with Crippen molar-refractivity contribution in [3.8, 4) is 5.75 Å². The van der Waals surface area contributed by atoms with Crippen LogP contribution in [-0.2, 0) is 0 Å². The third-order valence-electron chi connectivity index (χ3n) is 2.02. The Kier molecular flexibility index (Phi) is 2.40. The number of nitrogens with zero attached hydrogens (tertiary/aromatic N) is 2. The van der Waals surface area contributed by atoms with Crippen LogP contribution >= 0.6 is 15.9 Å². The van der Waals surface area contributed by atoms with Gasteiger partial charge in [0.1, 0.15) is 10.1 Å². The van der Waals surface area contributed by atoms with E-state index in [0.29, 0.717) is 15.5 Å². The average molecular weight is 267 g/mol. The van der Waals surface area contributed by atoms with Crippen LogP contribution in [0.4, 0.5) is 0 Å². The van der Waals surface area contributed by atoms with Crippen LogP contribution in [0.15, 0.2) is 22.9 Å². The molecule has 0 aromatic carbocycles. The summed E-state index contributed by atoms with van der Waals surface area (Å²) in [6.45, 7) is 1.35. The molecule has 0 spiro atoms.